The van der Waals surface area contributed by atoms with E-state index in [4.69, 9.17) is 0 Å². The molecule has 4 heteroatoms. The van der Waals surface area contributed by atoms with Crippen LogP contribution in [0, 0.1) is 5.82 Å². The topological polar surface area (TPSA) is 15.3 Å². The van der Waals surface area contributed by atoms with Crippen LogP contribution in [0.1, 0.15) is 31.9 Å². The number of fused-ring (bicyclic) bond motifs is 1. The molecule has 0 amide bonds. The van der Waals surface area contributed by atoms with Gasteiger partial charge >= 0.3 is 0 Å². The van der Waals surface area contributed by atoms with E-state index in [9.17, 15) is 4.39 Å². The van der Waals surface area contributed by atoms with Gasteiger partial charge in [0.2, 0.25) is 0 Å². The zero-order chi connectivity index (χ0) is 13.8. The van der Waals surface area contributed by atoms with Crippen molar-refractivity contribution >= 4 is 11.8 Å². The van der Waals surface area contributed by atoms with Gasteiger partial charge in [0, 0.05) is 30.1 Å². The van der Waals surface area contributed by atoms with Crippen LogP contribution in [0.5, 0.6) is 0 Å². The number of nitrogens with zero attached hydrogens (tertiary/aromatic N) is 1. The smallest absolute Gasteiger partial charge is 0.137 e. The van der Waals surface area contributed by atoms with Gasteiger partial charge < -0.3 is 10.2 Å². The second-order valence-corrected chi connectivity index (χ2v) is 6.48. The molecule has 0 saturated heterocycles. The van der Waals surface area contributed by atoms with E-state index in [1.165, 1.54) is 0 Å². The highest BCUT2D eigenvalue weighted by Gasteiger charge is 2.22. The van der Waals surface area contributed by atoms with E-state index in [-0.39, 0.29) is 5.82 Å². The van der Waals surface area contributed by atoms with Crippen LogP contribution >= 0.6 is 11.8 Å². The molecule has 0 bridgehead atoms. The molecule has 1 unspecified atom stereocenters. The molecule has 1 N–H and O–H groups in total. The minimum atomic E-state index is -0.0756. The summed E-state index contributed by atoms with van der Waals surface area (Å²) < 4.78 is 13.7. The first-order valence-electron chi connectivity index (χ1n) is 6.94. The van der Waals surface area contributed by atoms with Crippen LogP contribution in [0.25, 0.3) is 0 Å². The van der Waals surface area contributed by atoms with Crippen LogP contribution < -0.4 is 5.32 Å². The second-order valence-electron chi connectivity index (χ2n) is 5.38. The Labute approximate surface area is 119 Å². The van der Waals surface area contributed by atoms with Gasteiger partial charge in [0.15, 0.2) is 0 Å². The van der Waals surface area contributed by atoms with E-state index in [0.717, 1.165) is 35.7 Å². The number of hydrogen-bond acceptors (Lipinski definition) is 3. The van der Waals surface area contributed by atoms with Crippen molar-refractivity contribution in [1.82, 2.24) is 10.2 Å². The van der Waals surface area contributed by atoms with Gasteiger partial charge in [-0.05, 0) is 44.7 Å². The third-order valence-corrected chi connectivity index (χ3v) is 4.92. The number of hydrogen-bond donors (Lipinski definition) is 1. The molecular weight excluding hydrogens is 259 g/mol. The Morgan fingerprint density at radius 3 is 3.00 bits per heavy atom. The lowest BCUT2D eigenvalue weighted by atomic mass is 10.0. The standard InChI is InChI=1S/C15H23FN2S/c1-11(2)18(3)9-8-17-14-7-10-19-15-12(14)5-4-6-13(15)16/h4-6,11,14,17H,7-10H2,1-3H3. The fraction of sp³-hybridized carbons (Fsp3) is 0.600. The number of rotatable bonds is 5. The molecule has 0 radical (unpaired) electrons. The maximum absolute atomic E-state index is 13.7. The van der Waals surface area contributed by atoms with Crippen molar-refractivity contribution in [1.29, 1.82) is 0 Å². The van der Waals surface area contributed by atoms with Gasteiger partial charge in [-0.2, -0.15) is 0 Å². The van der Waals surface area contributed by atoms with Crippen LogP contribution in [0.2, 0.25) is 0 Å². The van der Waals surface area contributed by atoms with Crippen molar-refractivity contribution < 1.29 is 4.39 Å². The van der Waals surface area contributed by atoms with Crippen LogP contribution in [0.4, 0.5) is 4.39 Å². The largest absolute Gasteiger partial charge is 0.309 e. The lowest BCUT2D eigenvalue weighted by Gasteiger charge is -2.28. The van der Waals surface area contributed by atoms with Crippen molar-refractivity contribution in [3.8, 4) is 0 Å². The highest BCUT2D eigenvalue weighted by Crippen LogP contribution is 2.37. The summed E-state index contributed by atoms with van der Waals surface area (Å²) in [5, 5.41) is 3.57. The number of benzene rings is 1. The first kappa shape index (κ1) is 14.8. The number of halogens is 1. The summed E-state index contributed by atoms with van der Waals surface area (Å²) in [6, 6.07) is 6.28. The van der Waals surface area contributed by atoms with Crippen molar-refractivity contribution in [2.75, 3.05) is 25.9 Å². The zero-order valence-corrected chi connectivity index (χ0v) is 12.8. The van der Waals surface area contributed by atoms with Gasteiger partial charge in [-0.25, -0.2) is 4.39 Å². The van der Waals surface area contributed by atoms with Gasteiger partial charge in [0.1, 0.15) is 5.82 Å². The van der Waals surface area contributed by atoms with Gasteiger partial charge in [-0.3, -0.25) is 0 Å². The summed E-state index contributed by atoms with van der Waals surface area (Å²) in [5.74, 6) is 0.916. The molecule has 0 saturated carbocycles. The number of likely N-dealkylation sites (N-methyl/N-ethyl adjacent to an activating group) is 1. The van der Waals surface area contributed by atoms with Crippen molar-refractivity contribution in [2.24, 2.45) is 0 Å². The molecule has 106 valence electrons. The predicted molar refractivity (Wildman–Crippen MR) is 80.3 cm³/mol. The lowest BCUT2D eigenvalue weighted by Crippen LogP contribution is -2.36. The van der Waals surface area contributed by atoms with E-state index < -0.39 is 0 Å². The van der Waals surface area contributed by atoms with E-state index in [0.29, 0.717) is 12.1 Å². The molecular formula is C15H23FN2S. The summed E-state index contributed by atoms with van der Waals surface area (Å²) >= 11 is 1.64. The van der Waals surface area contributed by atoms with Gasteiger partial charge in [-0.1, -0.05) is 12.1 Å². The highest BCUT2D eigenvalue weighted by atomic mass is 32.2. The Kier molecular flexibility index (Phi) is 5.25. The third kappa shape index (κ3) is 3.71. The summed E-state index contributed by atoms with van der Waals surface area (Å²) in [6.45, 7) is 6.36. The summed E-state index contributed by atoms with van der Waals surface area (Å²) in [4.78, 5) is 3.15. The average molecular weight is 282 g/mol. The van der Waals surface area contributed by atoms with Crippen molar-refractivity contribution in [2.45, 2.75) is 37.2 Å². The molecule has 1 heterocycles. The molecule has 2 rings (SSSR count). The van der Waals surface area contributed by atoms with Crippen LogP contribution in [-0.2, 0) is 0 Å². The van der Waals surface area contributed by atoms with Crippen LogP contribution in [-0.4, -0.2) is 36.8 Å². The molecule has 1 aliphatic rings. The lowest BCUT2D eigenvalue weighted by molar-refractivity contribution is 0.268. The first-order chi connectivity index (χ1) is 9.09. The minimum Gasteiger partial charge on any atom is -0.309 e. The monoisotopic (exact) mass is 282 g/mol. The Balaban J connectivity index is 1.95. The zero-order valence-electron chi connectivity index (χ0n) is 11.9. The van der Waals surface area contributed by atoms with Crippen molar-refractivity contribution in [3.63, 3.8) is 0 Å². The molecule has 0 fully saturated rings. The summed E-state index contributed by atoms with van der Waals surface area (Å²) in [6.07, 6.45) is 1.08. The fourth-order valence-corrected chi connectivity index (χ4v) is 3.41. The van der Waals surface area contributed by atoms with Gasteiger partial charge in [0.25, 0.3) is 0 Å². The molecule has 1 aromatic carbocycles. The highest BCUT2D eigenvalue weighted by molar-refractivity contribution is 7.99. The number of thioether (sulfide) groups is 1. The summed E-state index contributed by atoms with van der Waals surface area (Å²) in [7, 11) is 2.14. The van der Waals surface area contributed by atoms with Gasteiger partial charge in [0.05, 0.1) is 0 Å². The molecule has 2 nitrogen and oxygen atoms in total. The average Bonchev–Trinajstić information content (AvgIpc) is 2.39. The predicted octanol–water partition coefficient (Wildman–Crippen LogP) is 3.29. The van der Waals surface area contributed by atoms with Crippen LogP contribution in [0.15, 0.2) is 23.1 Å². The van der Waals surface area contributed by atoms with E-state index in [2.05, 4.69) is 37.2 Å². The molecule has 1 atom stereocenters. The molecule has 1 aliphatic heterocycles. The molecule has 0 spiro atoms. The fourth-order valence-electron chi connectivity index (χ4n) is 2.27. The molecule has 0 aliphatic carbocycles. The second kappa shape index (κ2) is 6.73. The third-order valence-electron chi connectivity index (χ3n) is 3.76. The molecule has 19 heavy (non-hydrogen) atoms. The van der Waals surface area contributed by atoms with E-state index >= 15 is 0 Å². The Bertz CT molecular complexity index is 423. The normalized spacial score (nSPS) is 18.9. The Hall–Kier alpha value is -0.580. The number of nitrogens with one attached hydrogen (secondary N) is 1. The Morgan fingerprint density at radius 1 is 1.47 bits per heavy atom. The summed E-state index contributed by atoms with van der Waals surface area (Å²) in [5.41, 5.74) is 1.13. The van der Waals surface area contributed by atoms with E-state index in [1.54, 1.807) is 17.8 Å². The SMILES string of the molecule is CC(C)N(C)CCNC1CCSc2c(F)cccc21. The van der Waals surface area contributed by atoms with E-state index in [1.807, 2.05) is 6.07 Å². The van der Waals surface area contributed by atoms with Gasteiger partial charge in [-0.15, -0.1) is 11.8 Å². The maximum atomic E-state index is 13.7. The molecule has 1 aromatic rings. The van der Waals surface area contributed by atoms with Crippen molar-refractivity contribution in [3.05, 3.63) is 29.6 Å². The van der Waals surface area contributed by atoms with Crippen LogP contribution in [0.3, 0.4) is 0 Å². The quantitative estimate of drug-likeness (QED) is 0.892. The maximum Gasteiger partial charge on any atom is 0.137 e. The Morgan fingerprint density at radius 2 is 2.26 bits per heavy atom. The minimum absolute atomic E-state index is 0.0756. The molecule has 0 aromatic heterocycles. The first-order valence-corrected chi connectivity index (χ1v) is 7.93.